The Hall–Kier alpha value is -1.64. The van der Waals surface area contributed by atoms with Crippen LogP contribution in [0, 0.1) is 5.41 Å². The largest absolute Gasteiger partial charge is 0.352 e. The molecule has 2 saturated heterocycles. The van der Waals surface area contributed by atoms with E-state index in [9.17, 15) is 8.42 Å². The minimum Gasteiger partial charge on any atom is -0.352 e. The van der Waals surface area contributed by atoms with Crippen LogP contribution in [0.15, 0.2) is 34.2 Å². The summed E-state index contributed by atoms with van der Waals surface area (Å²) in [6.07, 6.45) is 6.58. The van der Waals surface area contributed by atoms with E-state index in [1.54, 1.807) is 10.4 Å². The number of hydrogen-bond donors (Lipinski definition) is 1. The van der Waals surface area contributed by atoms with Crippen LogP contribution in [0.1, 0.15) is 37.7 Å². The van der Waals surface area contributed by atoms with Gasteiger partial charge in [0.1, 0.15) is 0 Å². The number of nitrogens with one attached hydrogen (secondary N) is 1. The summed E-state index contributed by atoms with van der Waals surface area (Å²) in [5.74, 6) is 0.880. The molecule has 0 aromatic heterocycles. The van der Waals surface area contributed by atoms with Gasteiger partial charge >= 0.3 is 0 Å². The number of piperazine rings is 1. The Kier molecular flexibility index (Phi) is 6.36. The van der Waals surface area contributed by atoms with Crippen molar-refractivity contribution in [1.29, 1.82) is 0 Å². The summed E-state index contributed by atoms with van der Waals surface area (Å²) in [5, 5.41) is 3.44. The number of hydrogen-bond acceptors (Lipinski definition) is 4. The smallest absolute Gasteiger partial charge is 0.243 e. The molecule has 30 heavy (non-hydrogen) atoms. The number of rotatable bonds is 4. The first-order valence-corrected chi connectivity index (χ1v) is 12.6. The lowest BCUT2D eigenvalue weighted by atomic mass is 9.86. The Labute approximate surface area is 181 Å². The molecule has 3 fully saturated rings. The van der Waals surface area contributed by atoms with Gasteiger partial charge in [-0.1, -0.05) is 31.0 Å². The van der Waals surface area contributed by atoms with Crippen LogP contribution in [-0.4, -0.2) is 81.8 Å². The van der Waals surface area contributed by atoms with E-state index in [0.717, 1.165) is 37.7 Å². The normalized spacial score (nSPS) is 23.4. The number of guanidine groups is 1. The molecule has 4 rings (SSSR count). The summed E-state index contributed by atoms with van der Waals surface area (Å²) in [5.41, 5.74) is 1.27. The van der Waals surface area contributed by atoms with Gasteiger partial charge in [-0.2, -0.15) is 4.31 Å². The molecular weight excluding hydrogens is 398 g/mol. The van der Waals surface area contributed by atoms with Crippen LogP contribution in [0.25, 0.3) is 0 Å². The fourth-order valence-electron chi connectivity index (χ4n) is 5.22. The van der Waals surface area contributed by atoms with Crippen LogP contribution in [0.2, 0.25) is 0 Å². The van der Waals surface area contributed by atoms with Gasteiger partial charge in [0.05, 0.1) is 4.90 Å². The molecule has 1 aromatic carbocycles. The average molecular weight is 434 g/mol. The molecule has 1 aromatic rings. The SMILES string of the molecule is CN=C(NCc1ccccc1S(=O)(=O)N1CCN(C)CC1)N1CCC2(CCCC2)C1. The molecule has 166 valence electrons. The van der Waals surface area contributed by atoms with Gasteiger partial charge in [0, 0.05) is 52.9 Å². The minimum absolute atomic E-state index is 0.409. The zero-order chi connectivity index (χ0) is 21.2. The van der Waals surface area contributed by atoms with Crippen molar-refractivity contribution in [2.24, 2.45) is 10.4 Å². The highest BCUT2D eigenvalue weighted by Gasteiger charge is 2.41. The van der Waals surface area contributed by atoms with E-state index in [0.29, 0.717) is 29.9 Å². The maximum atomic E-state index is 13.3. The third-order valence-corrected chi connectivity index (χ3v) is 9.10. The summed E-state index contributed by atoms with van der Waals surface area (Å²) in [7, 11) is 0.349. The maximum absolute atomic E-state index is 13.3. The number of likely N-dealkylation sites (tertiary alicyclic amines) is 1. The predicted octanol–water partition coefficient (Wildman–Crippen LogP) is 1.96. The van der Waals surface area contributed by atoms with Crippen molar-refractivity contribution in [3.8, 4) is 0 Å². The second kappa shape index (κ2) is 8.85. The molecule has 1 N–H and O–H groups in total. The Bertz CT molecular complexity index is 871. The second-order valence-corrected chi connectivity index (χ2v) is 11.0. The second-order valence-electron chi connectivity index (χ2n) is 9.09. The van der Waals surface area contributed by atoms with E-state index in [4.69, 9.17) is 0 Å². The van der Waals surface area contributed by atoms with Crippen LogP contribution in [0.5, 0.6) is 0 Å². The topological polar surface area (TPSA) is 68.2 Å². The van der Waals surface area contributed by atoms with E-state index < -0.39 is 10.0 Å². The Morgan fingerprint density at radius 2 is 1.77 bits per heavy atom. The zero-order valence-electron chi connectivity index (χ0n) is 18.3. The van der Waals surface area contributed by atoms with Gasteiger partial charge in [-0.05, 0) is 43.4 Å². The van der Waals surface area contributed by atoms with Gasteiger partial charge in [-0.15, -0.1) is 0 Å². The van der Waals surface area contributed by atoms with E-state index in [2.05, 4.69) is 20.1 Å². The molecule has 0 unspecified atom stereocenters. The van der Waals surface area contributed by atoms with Crippen molar-refractivity contribution in [2.45, 2.75) is 43.5 Å². The molecule has 8 heteroatoms. The highest BCUT2D eigenvalue weighted by Crippen LogP contribution is 2.45. The molecule has 7 nitrogen and oxygen atoms in total. The van der Waals surface area contributed by atoms with Gasteiger partial charge < -0.3 is 15.1 Å². The van der Waals surface area contributed by atoms with E-state index >= 15 is 0 Å². The number of aliphatic imine (C=N–C) groups is 1. The third-order valence-electron chi connectivity index (χ3n) is 7.10. The number of likely N-dealkylation sites (N-methyl/N-ethyl adjacent to an activating group) is 1. The van der Waals surface area contributed by atoms with Crippen molar-refractivity contribution in [3.63, 3.8) is 0 Å². The predicted molar refractivity (Wildman–Crippen MR) is 120 cm³/mol. The zero-order valence-corrected chi connectivity index (χ0v) is 19.1. The molecule has 2 aliphatic heterocycles. The summed E-state index contributed by atoms with van der Waals surface area (Å²) in [4.78, 5) is 9.42. The molecular formula is C22H35N5O2S. The van der Waals surface area contributed by atoms with Gasteiger partial charge in [0.15, 0.2) is 5.96 Å². The van der Waals surface area contributed by atoms with Crippen molar-refractivity contribution in [3.05, 3.63) is 29.8 Å². The molecule has 2 heterocycles. The minimum atomic E-state index is -3.49. The first kappa shape index (κ1) is 21.6. The van der Waals surface area contributed by atoms with Gasteiger partial charge in [0.25, 0.3) is 0 Å². The maximum Gasteiger partial charge on any atom is 0.243 e. The van der Waals surface area contributed by atoms with Crippen LogP contribution in [-0.2, 0) is 16.6 Å². The quantitative estimate of drug-likeness (QED) is 0.581. The summed E-state index contributed by atoms with van der Waals surface area (Å²) in [6, 6.07) is 7.36. The first-order chi connectivity index (χ1) is 14.4. The highest BCUT2D eigenvalue weighted by atomic mass is 32.2. The first-order valence-electron chi connectivity index (χ1n) is 11.2. The molecule has 0 bridgehead atoms. The van der Waals surface area contributed by atoms with Crippen LogP contribution < -0.4 is 5.32 Å². The molecule has 0 radical (unpaired) electrons. The van der Waals surface area contributed by atoms with Crippen LogP contribution in [0.4, 0.5) is 0 Å². The number of sulfonamides is 1. The molecule has 1 spiro atoms. The molecule has 3 aliphatic rings. The standard InChI is InChI=1S/C22H35N5O2S/c1-23-21(26-12-11-22(18-26)9-5-6-10-22)24-17-19-7-3-4-8-20(19)30(28,29)27-15-13-25(2)14-16-27/h3-4,7-8H,5-6,9-18H2,1-2H3,(H,23,24). The van der Waals surface area contributed by atoms with Crippen LogP contribution in [0.3, 0.4) is 0 Å². The van der Waals surface area contributed by atoms with Crippen molar-refractivity contribution in [1.82, 2.24) is 19.4 Å². The third kappa shape index (κ3) is 4.36. The fourth-order valence-corrected chi connectivity index (χ4v) is 6.87. The lowest BCUT2D eigenvalue weighted by molar-refractivity contribution is 0.222. The number of nitrogens with zero attached hydrogens (tertiary/aromatic N) is 4. The fraction of sp³-hybridized carbons (Fsp3) is 0.682. The van der Waals surface area contributed by atoms with E-state index in [1.165, 1.54) is 32.1 Å². The Morgan fingerprint density at radius 1 is 1.07 bits per heavy atom. The lowest BCUT2D eigenvalue weighted by Gasteiger charge is -2.32. The molecule has 1 aliphatic carbocycles. The number of benzene rings is 1. The van der Waals surface area contributed by atoms with Crippen LogP contribution >= 0.6 is 0 Å². The van der Waals surface area contributed by atoms with Gasteiger partial charge in [-0.25, -0.2) is 8.42 Å². The van der Waals surface area contributed by atoms with E-state index in [1.807, 2.05) is 32.3 Å². The molecule has 0 amide bonds. The van der Waals surface area contributed by atoms with Gasteiger partial charge in [-0.3, -0.25) is 4.99 Å². The highest BCUT2D eigenvalue weighted by molar-refractivity contribution is 7.89. The van der Waals surface area contributed by atoms with E-state index in [-0.39, 0.29) is 0 Å². The van der Waals surface area contributed by atoms with Crippen molar-refractivity contribution >= 4 is 16.0 Å². The average Bonchev–Trinajstić information content (AvgIpc) is 3.39. The Morgan fingerprint density at radius 3 is 2.47 bits per heavy atom. The van der Waals surface area contributed by atoms with Crippen molar-refractivity contribution < 1.29 is 8.42 Å². The van der Waals surface area contributed by atoms with Gasteiger partial charge in [0.2, 0.25) is 10.0 Å². The molecule has 1 saturated carbocycles. The molecule has 0 atom stereocenters. The summed E-state index contributed by atoms with van der Waals surface area (Å²) >= 11 is 0. The monoisotopic (exact) mass is 433 g/mol. The summed E-state index contributed by atoms with van der Waals surface area (Å²) in [6.45, 7) is 5.16. The Balaban J connectivity index is 1.45. The lowest BCUT2D eigenvalue weighted by Crippen LogP contribution is -2.47. The summed E-state index contributed by atoms with van der Waals surface area (Å²) < 4.78 is 28.2. The van der Waals surface area contributed by atoms with Crippen molar-refractivity contribution in [2.75, 3.05) is 53.4 Å².